The van der Waals surface area contributed by atoms with Gasteiger partial charge in [-0.3, -0.25) is 4.79 Å². The van der Waals surface area contributed by atoms with E-state index in [4.69, 9.17) is 41.8 Å². The number of halogens is 3. The van der Waals surface area contributed by atoms with E-state index in [1.54, 1.807) is 38.5 Å². The molecule has 3 rings (SSSR count). The summed E-state index contributed by atoms with van der Waals surface area (Å²) < 4.78 is 22.4. The summed E-state index contributed by atoms with van der Waals surface area (Å²) in [6, 6.07) is 8.48. The van der Waals surface area contributed by atoms with Crippen LogP contribution in [0.25, 0.3) is 0 Å². The zero-order chi connectivity index (χ0) is 23.8. The Morgan fingerprint density at radius 1 is 1.21 bits per heavy atom. The number of hydrazone groups is 1. The highest BCUT2D eigenvalue weighted by atomic mass is 127. The molecule has 0 saturated carbocycles. The lowest BCUT2D eigenvalue weighted by molar-refractivity contribution is -0.118. The van der Waals surface area contributed by atoms with Gasteiger partial charge in [0.1, 0.15) is 5.75 Å². The van der Waals surface area contributed by atoms with E-state index >= 15 is 0 Å². The van der Waals surface area contributed by atoms with E-state index < -0.39 is 0 Å². The third kappa shape index (κ3) is 7.39. The number of amides is 1. The number of thioether (sulfide) groups is 1. The number of aromatic nitrogens is 2. The molecule has 1 heterocycles. The van der Waals surface area contributed by atoms with E-state index in [0.717, 1.165) is 20.9 Å². The van der Waals surface area contributed by atoms with Gasteiger partial charge in [-0.15, -0.1) is 10.2 Å². The maximum absolute atomic E-state index is 12.0. The lowest BCUT2D eigenvalue weighted by Gasteiger charge is -2.10. The van der Waals surface area contributed by atoms with Gasteiger partial charge in [0.15, 0.2) is 18.1 Å². The van der Waals surface area contributed by atoms with Crippen LogP contribution in [-0.2, 0) is 11.4 Å². The first kappa shape index (κ1) is 25.4. The topological polar surface area (TPSA) is 108 Å². The Balaban J connectivity index is 1.46. The first-order chi connectivity index (χ1) is 15.9. The minimum atomic E-state index is -0.338. The molecule has 0 aliphatic carbocycles. The molecule has 13 heteroatoms. The predicted molar refractivity (Wildman–Crippen MR) is 134 cm³/mol. The summed E-state index contributed by atoms with van der Waals surface area (Å²) in [6.07, 6.45) is 1.51. The summed E-state index contributed by atoms with van der Waals surface area (Å²) in [6.45, 7) is 0.0233. The van der Waals surface area contributed by atoms with Crippen LogP contribution in [0.2, 0.25) is 10.0 Å². The molecule has 0 radical (unpaired) electrons. The quantitative estimate of drug-likeness (QED) is 0.148. The maximum atomic E-state index is 12.0. The van der Waals surface area contributed by atoms with Crippen LogP contribution in [0.4, 0.5) is 0 Å². The van der Waals surface area contributed by atoms with Gasteiger partial charge >= 0.3 is 0 Å². The van der Waals surface area contributed by atoms with Crippen LogP contribution in [0.3, 0.4) is 0 Å². The largest absolute Gasteiger partial charge is 0.493 e. The molecule has 0 fully saturated rings. The van der Waals surface area contributed by atoms with Crippen LogP contribution in [0.5, 0.6) is 17.2 Å². The van der Waals surface area contributed by atoms with Crippen LogP contribution in [-0.4, -0.2) is 42.3 Å². The molecule has 33 heavy (non-hydrogen) atoms. The maximum Gasteiger partial charge on any atom is 0.277 e. The van der Waals surface area contributed by atoms with Crippen molar-refractivity contribution in [3.63, 3.8) is 0 Å². The van der Waals surface area contributed by atoms with E-state index in [0.29, 0.717) is 27.3 Å². The molecule has 0 bridgehead atoms. The lowest BCUT2D eigenvalue weighted by atomic mass is 10.2. The van der Waals surface area contributed by atoms with E-state index in [-0.39, 0.29) is 29.4 Å². The third-order valence-electron chi connectivity index (χ3n) is 3.88. The van der Waals surface area contributed by atoms with Crippen molar-refractivity contribution in [3.05, 3.63) is 55.4 Å². The third-order valence-corrected chi connectivity index (χ3v) is 6.03. The van der Waals surface area contributed by atoms with Crippen LogP contribution < -0.4 is 19.6 Å². The predicted octanol–water partition coefficient (Wildman–Crippen LogP) is 4.82. The Hall–Kier alpha value is -2.22. The number of methoxy groups -OCH3 is 2. The molecule has 9 nitrogen and oxygen atoms in total. The van der Waals surface area contributed by atoms with Gasteiger partial charge in [-0.1, -0.05) is 35.0 Å². The molecule has 0 atom stereocenters. The number of carbonyl (C=O) groups is 1. The second-order valence-corrected chi connectivity index (χ2v) is 9.08. The summed E-state index contributed by atoms with van der Waals surface area (Å²) in [4.78, 5) is 12.0. The fourth-order valence-electron chi connectivity index (χ4n) is 2.44. The fourth-order valence-corrected chi connectivity index (χ4v) is 4.32. The Labute approximate surface area is 217 Å². The van der Waals surface area contributed by atoms with Crippen LogP contribution in [0.15, 0.2) is 45.1 Å². The summed E-state index contributed by atoms with van der Waals surface area (Å²) in [5.41, 5.74) is 3.19. The lowest BCUT2D eigenvalue weighted by Crippen LogP contribution is -2.19. The summed E-state index contributed by atoms with van der Waals surface area (Å²) in [7, 11) is 3.12. The summed E-state index contributed by atoms with van der Waals surface area (Å²) in [5.74, 6) is 1.58. The molecule has 1 aromatic heterocycles. The molecular formula is C20H17Cl2IN4O5S. The molecule has 0 spiro atoms. The highest BCUT2D eigenvalue weighted by Gasteiger charge is 2.12. The van der Waals surface area contributed by atoms with Gasteiger partial charge in [0.05, 0.1) is 34.8 Å². The Bertz CT molecular complexity index is 1160. The first-order valence-corrected chi connectivity index (χ1v) is 12.0. The minimum absolute atomic E-state index is 0.0233. The highest BCUT2D eigenvalue weighted by Crippen LogP contribution is 2.33. The standard InChI is InChI=1S/C20H17Cl2IN4O5S/c1-29-16-6-11(5-14(23)19(16)30-2)8-24-25-17(28)10-33-20-27-26-18(32-20)9-31-15-4-3-12(21)7-13(15)22/h3-8H,9-10H2,1-2H3,(H,25,28)/b24-8-. The van der Waals surface area contributed by atoms with Gasteiger partial charge in [0.25, 0.3) is 17.0 Å². The van der Waals surface area contributed by atoms with Crippen LogP contribution in [0, 0.1) is 3.57 Å². The summed E-state index contributed by atoms with van der Waals surface area (Å²) >= 11 is 15.1. The molecule has 3 aromatic rings. The SMILES string of the molecule is COc1cc(/C=N\NC(=O)CSc2nnc(COc3ccc(Cl)cc3Cl)o2)cc(I)c1OC. The molecule has 0 unspecified atom stereocenters. The van der Waals surface area contributed by atoms with Gasteiger partial charge in [-0.25, -0.2) is 5.43 Å². The Morgan fingerprint density at radius 2 is 2.03 bits per heavy atom. The Morgan fingerprint density at radius 3 is 2.76 bits per heavy atom. The van der Waals surface area contributed by atoms with Crippen molar-refractivity contribution in [2.75, 3.05) is 20.0 Å². The highest BCUT2D eigenvalue weighted by molar-refractivity contribution is 14.1. The van der Waals surface area contributed by atoms with Crippen molar-refractivity contribution in [2.24, 2.45) is 5.10 Å². The van der Waals surface area contributed by atoms with Crippen molar-refractivity contribution >= 4 is 69.7 Å². The zero-order valence-corrected chi connectivity index (χ0v) is 21.8. The molecule has 0 saturated heterocycles. The summed E-state index contributed by atoms with van der Waals surface area (Å²) in [5, 5.41) is 12.8. The number of nitrogens with one attached hydrogen (secondary N) is 1. The van der Waals surface area contributed by atoms with Crippen LogP contribution in [0.1, 0.15) is 11.5 Å². The number of rotatable bonds is 10. The molecule has 1 amide bonds. The number of hydrogen-bond acceptors (Lipinski definition) is 9. The number of nitrogens with zero attached hydrogens (tertiary/aromatic N) is 3. The normalized spacial score (nSPS) is 10.9. The van der Waals surface area contributed by atoms with Crippen molar-refractivity contribution in [1.29, 1.82) is 0 Å². The second kappa shape index (κ2) is 12.3. The van der Waals surface area contributed by atoms with Gasteiger partial charge in [-0.2, -0.15) is 5.10 Å². The monoisotopic (exact) mass is 622 g/mol. The van der Waals surface area contributed by atoms with Gasteiger partial charge in [-0.05, 0) is 58.5 Å². The van der Waals surface area contributed by atoms with E-state index in [2.05, 4.69) is 43.3 Å². The zero-order valence-electron chi connectivity index (χ0n) is 17.3. The minimum Gasteiger partial charge on any atom is -0.493 e. The molecule has 1 N–H and O–H groups in total. The number of carbonyl (C=O) groups excluding carboxylic acids is 1. The van der Waals surface area contributed by atoms with E-state index in [1.807, 2.05) is 6.07 Å². The first-order valence-electron chi connectivity index (χ1n) is 9.16. The van der Waals surface area contributed by atoms with Crippen molar-refractivity contribution in [2.45, 2.75) is 11.8 Å². The van der Waals surface area contributed by atoms with Gasteiger partial charge in [0, 0.05) is 5.02 Å². The van der Waals surface area contributed by atoms with E-state index in [9.17, 15) is 4.79 Å². The van der Waals surface area contributed by atoms with Crippen molar-refractivity contribution in [1.82, 2.24) is 15.6 Å². The number of hydrogen-bond donors (Lipinski definition) is 1. The smallest absolute Gasteiger partial charge is 0.277 e. The average molecular weight is 623 g/mol. The Kier molecular flexibility index (Phi) is 9.47. The molecule has 0 aliphatic heterocycles. The van der Waals surface area contributed by atoms with Gasteiger partial charge < -0.3 is 18.6 Å². The van der Waals surface area contributed by atoms with E-state index in [1.165, 1.54) is 6.21 Å². The van der Waals surface area contributed by atoms with Gasteiger partial charge in [0.2, 0.25) is 0 Å². The average Bonchev–Trinajstić information content (AvgIpc) is 3.24. The molecule has 2 aromatic carbocycles. The van der Waals surface area contributed by atoms with Crippen LogP contribution >= 0.6 is 57.6 Å². The number of benzene rings is 2. The second-order valence-electron chi connectivity index (χ2n) is 6.15. The van der Waals surface area contributed by atoms with Crippen molar-refractivity contribution < 1.29 is 23.4 Å². The fraction of sp³-hybridized carbons (Fsp3) is 0.200. The molecular weight excluding hydrogens is 606 g/mol. The molecule has 0 aliphatic rings. The number of ether oxygens (including phenoxy) is 3. The van der Waals surface area contributed by atoms with Crippen molar-refractivity contribution in [3.8, 4) is 17.2 Å². The molecule has 174 valence electrons.